The van der Waals surface area contributed by atoms with Gasteiger partial charge in [-0.3, -0.25) is 9.59 Å². The summed E-state index contributed by atoms with van der Waals surface area (Å²) in [5, 5.41) is 0. The third-order valence-corrected chi connectivity index (χ3v) is 3.37. The van der Waals surface area contributed by atoms with Crippen molar-refractivity contribution in [2.24, 2.45) is 5.92 Å². The molecule has 0 saturated carbocycles. The first-order chi connectivity index (χ1) is 9.58. The molecule has 0 saturated heterocycles. The molecule has 0 N–H and O–H groups in total. The van der Waals surface area contributed by atoms with Gasteiger partial charge < -0.3 is 0 Å². The van der Waals surface area contributed by atoms with E-state index in [2.05, 4.69) is 0 Å². The number of hydrogen-bond donors (Lipinski definition) is 0. The molecule has 1 atom stereocenters. The summed E-state index contributed by atoms with van der Waals surface area (Å²) in [5.41, 5.74) is 2.45. The Morgan fingerprint density at radius 1 is 0.900 bits per heavy atom. The van der Waals surface area contributed by atoms with Crippen LogP contribution >= 0.6 is 0 Å². The highest BCUT2D eigenvalue weighted by Gasteiger charge is 2.19. The van der Waals surface area contributed by atoms with Crippen LogP contribution in [0.4, 0.5) is 0 Å². The van der Waals surface area contributed by atoms with Crippen LogP contribution in [0.1, 0.15) is 39.6 Å². The Morgan fingerprint density at radius 2 is 1.50 bits per heavy atom. The Morgan fingerprint density at radius 3 is 2.10 bits per heavy atom. The number of ketones is 2. The van der Waals surface area contributed by atoms with E-state index in [1.165, 1.54) is 0 Å². The second kappa shape index (κ2) is 6.29. The predicted molar refractivity (Wildman–Crippen MR) is 80.1 cm³/mol. The summed E-state index contributed by atoms with van der Waals surface area (Å²) in [4.78, 5) is 24.4. The van der Waals surface area contributed by atoms with Crippen LogP contribution in [0.2, 0.25) is 0 Å². The molecule has 0 aromatic heterocycles. The van der Waals surface area contributed by atoms with Crippen molar-refractivity contribution in [2.45, 2.75) is 20.3 Å². The van der Waals surface area contributed by atoms with Crippen molar-refractivity contribution in [3.63, 3.8) is 0 Å². The maximum Gasteiger partial charge on any atom is 0.166 e. The van der Waals surface area contributed by atoms with Crippen molar-refractivity contribution in [1.82, 2.24) is 0 Å². The fraction of sp³-hybridized carbons (Fsp3) is 0.222. The summed E-state index contributed by atoms with van der Waals surface area (Å²) in [6.45, 7) is 3.79. The molecule has 0 spiro atoms. The molecule has 0 aliphatic carbocycles. The fourth-order valence-electron chi connectivity index (χ4n) is 2.12. The van der Waals surface area contributed by atoms with Gasteiger partial charge in [-0.05, 0) is 6.92 Å². The van der Waals surface area contributed by atoms with E-state index in [9.17, 15) is 9.59 Å². The third kappa shape index (κ3) is 3.41. The van der Waals surface area contributed by atoms with Crippen LogP contribution in [-0.4, -0.2) is 11.6 Å². The van der Waals surface area contributed by atoms with Gasteiger partial charge in [0.2, 0.25) is 0 Å². The number of aryl methyl sites for hydroxylation is 1. The predicted octanol–water partition coefficient (Wildman–Crippen LogP) is 4.09. The van der Waals surface area contributed by atoms with Crippen molar-refractivity contribution in [1.29, 1.82) is 0 Å². The van der Waals surface area contributed by atoms with Gasteiger partial charge in [-0.1, -0.05) is 67.1 Å². The molecule has 20 heavy (non-hydrogen) atoms. The zero-order valence-electron chi connectivity index (χ0n) is 11.8. The van der Waals surface area contributed by atoms with E-state index in [4.69, 9.17) is 0 Å². The molecule has 2 rings (SSSR count). The van der Waals surface area contributed by atoms with E-state index < -0.39 is 0 Å². The molecular formula is C18H18O2. The molecule has 0 bridgehead atoms. The van der Waals surface area contributed by atoms with Crippen LogP contribution in [0.5, 0.6) is 0 Å². The Kier molecular flexibility index (Phi) is 4.46. The minimum absolute atomic E-state index is 0.0155. The van der Waals surface area contributed by atoms with Gasteiger partial charge in [0.1, 0.15) is 0 Å². The van der Waals surface area contributed by atoms with Crippen molar-refractivity contribution >= 4 is 11.6 Å². The van der Waals surface area contributed by atoms with Gasteiger partial charge >= 0.3 is 0 Å². The minimum atomic E-state index is -0.300. The Bertz CT molecular complexity index is 597. The number of hydrogen-bond acceptors (Lipinski definition) is 2. The average molecular weight is 266 g/mol. The van der Waals surface area contributed by atoms with Gasteiger partial charge in [-0.15, -0.1) is 0 Å². The van der Waals surface area contributed by atoms with Crippen LogP contribution in [0.25, 0.3) is 0 Å². The van der Waals surface area contributed by atoms with E-state index in [0.717, 1.165) is 5.56 Å². The van der Waals surface area contributed by atoms with Crippen molar-refractivity contribution in [3.05, 3.63) is 71.3 Å². The van der Waals surface area contributed by atoms with Gasteiger partial charge in [0.15, 0.2) is 11.6 Å². The van der Waals surface area contributed by atoms with E-state index in [-0.39, 0.29) is 23.9 Å². The maximum absolute atomic E-state index is 12.2. The average Bonchev–Trinajstić information content (AvgIpc) is 2.48. The highest BCUT2D eigenvalue weighted by molar-refractivity contribution is 6.03. The number of carbonyl (C=O) groups is 2. The van der Waals surface area contributed by atoms with Gasteiger partial charge in [0, 0.05) is 23.5 Å². The molecule has 102 valence electrons. The largest absolute Gasteiger partial charge is 0.294 e. The number of carbonyl (C=O) groups excluding carboxylic acids is 2. The Labute approximate surface area is 119 Å². The van der Waals surface area contributed by atoms with E-state index in [1.54, 1.807) is 19.1 Å². The molecule has 2 heteroatoms. The molecule has 0 heterocycles. The third-order valence-electron chi connectivity index (χ3n) is 3.37. The first kappa shape index (κ1) is 14.2. The highest BCUT2D eigenvalue weighted by Crippen LogP contribution is 2.15. The standard InChI is InChI=1S/C18H18O2/c1-13-8-10-15(11-9-13)17(19)12-14(2)18(20)16-6-4-3-5-7-16/h3-11,14H,12H2,1-2H3. The lowest BCUT2D eigenvalue weighted by molar-refractivity contribution is 0.0863. The zero-order chi connectivity index (χ0) is 14.5. The number of benzene rings is 2. The van der Waals surface area contributed by atoms with Crippen LogP contribution in [0, 0.1) is 12.8 Å². The van der Waals surface area contributed by atoms with Crippen molar-refractivity contribution in [2.75, 3.05) is 0 Å². The van der Waals surface area contributed by atoms with Crippen molar-refractivity contribution < 1.29 is 9.59 Å². The van der Waals surface area contributed by atoms with E-state index >= 15 is 0 Å². The van der Waals surface area contributed by atoms with Gasteiger partial charge in [0.25, 0.3) is 0 Å². The number of rotatable bonds is 5. The smallest absolute Gasteiger partial charge is 0.166 e. The minimum Gasteiger partial charge on any atom is -0.294 e. The van der Waals surface area contributed by atoms with Crippen LogP contribution in [0.15, 0.2) is 54.6 Å². The molecule has 2 aromatic carbocycles. The fourth-order valence-corrected chi connectivity index (χ4v) is 2.12. The first-order valence-corrected chi connectivity index (χ1v) is 6.77. The molecule has 2 aromatic rings. The summed E-state index contributed by atoms with van der Waals surface area (Å²) in [6.07, 6.45) is 0.247. The Hall–Kier alpha value is -2.22. The summed E-state index contributed by atoms with van der Waals surface area (Å²) < 4.78 is 0. The monoisotopic (exact) mass is 266 g/mol. The molecular weight excluding hydrogens is 248 g/mol. The summed E-state index contributed by atoms with van der Waals surface area (Å²) in [5.74, 6) is -0.265. The van der Waals surface area contributed by atoms with E-state index in [1.807, 2.05) is 49.4 Å². The Balaban J connectivity index is 2.04. The zero-order valence-corrected chi connectivity index (χ0v) is 11.8. The van der Waals surface area contributed by atoms with Crippen LogP contribution < -0.4 is 0 Å². The maximum atomic E-state index is 12.2. The lowest BCUT2D eigenvalue weighted by Crippen LogP contribution is -2.15. The SMILES string of the molecule is Cc1ccc(C(=O)CC(C)C(=O)c2ccccc2)cc1. The molecule has 2 nitrogen and oxygen atoms in total. The first-order valence-electron chi connectivity index (χ1n) is 6.77. The molecule has 0 aliphatic rings. The second-order valence-corrected chi connectivity index (χ2v) is 5.12. The van der Waals surface area contributed by atoms with Crippen molar-refractivity contribution in [3.8, 4) is 0 Å². The van der Waals surface area contributed by atoms with Crippen LogP contribution in [-0.2, 0) is 0 Å². The quantitative estimate of drug-likeness (QED) is 0.764. The molecule has 1 unspecified atom stereocenters. The van der Waals surface area contributed by atoms with Gasteiger partial charge in [-0.25, -0.2) is 0 Å². The topological polar surface area (TPSA) is 34.1 Å². The lowest BCUT2D eigenvalue weighted by Gasteiger charge is -2.10. The lowest BCUT2D eigenvalue weighted by atomic mass is 9.92. The van der Waals surface area contributed by atoms with Crippen LogP contribution in [0.3, 0.4) is 0 Å². The highest BCUT2D eigenvalue weighted by atomic mass is 16.1. The summed E-state index contributed by atoms with van der Waals surface area (Å²) >= 11 is 0. The van der Waals surface area contributed by atoms with E-state index in [0.29, 0.717) is 11.1 Å². The van der Waals surface area contributed by atoms with Gasteiger partial charge in [-0.2, -0.15) is 0 Å². The second-order valence-electron chi connectivity index (χ2n) is 5.12. The molecule has 0 amide bonds. The normalized spacial score (nSPS) is 11.9. The number of Topliss-reactive ketones (excluding diaryl/α,β-unsaturated/α-hetero) is 2. The summed E-state index contributed by atoms with van der Waals surface area (Å²) in [6, 6.07) is 16.6. The molecule has 0 radical (unpaired) electrons. The summed E-state index contributed by atoms with van der Waals surface area (Å²) in [7, 11) is 0. The molecule has 0 aliphatic heterocycles. The van der Waals surface area contributed by atoms with Gasteiger partial charge in [0.05, 0.1) is 0 Å². The molecule has 0 fully saturated rings.